The van der Waals surface area contributed by atoms with E-state index >= 15 is 0 Å². The second-order valence-electron chi connectivity index (χ2n) is 6.84. The lowest BCUT2D eigenvalue weighted by Crippen LogP contribution is -2.43. The van der Waals surface area contributed by atoms with Crippen molar-refractivity contribution in [3.63, 3.8) is 0 Å². The normalized spacial score (nSPS) is 16.5. The molecule has 2 amide bonds. The minimum absolute atomic E-state index is 0.0994. The maximum Gasteiger partial charge on any atom is 0.271 e. The molecule has 0 saturated carbocycles. The van der Waals surface area contributed by atoms with Crippen LogP contribution < -0.4 is 5.32 Å². The molecule has 0 bridgehead atoms. The first kappa shape index (κ1) is 19.5. The number of nitrogens with one attached hydrogen (secondary N) is 1. The molecule has 28 heavy (non-hydrogen) atoms. The monoisotopic (exact) mass is 385 g/mol. The van der Waals surface area contributed by atoms with Crippen molar-refractivity contribution in [3.05, 3.63) is 69.5 Å². The molecule has 0 radical (unpaired) electrons. The van der Waals surface area contributed by atoms with E-state index in [0.717, 1.165) is 0 Å². The molecule has 1 heterocycles. The molecule has 146 valence electrons. The topological polar surface area (TPSA) is 92.6 Å². The van der Waals surface area contributed by atoms with Crippen LogP contribution >= 0.6 is 0 Å². The molecule has 1 fully saturated rings. The number of halogens is 1. The predicted octanol–water partition coefficient (Wildman–Crippen LogP) is 3.53. The third-order valence-electron chi connectivity index (χ3n) is 4.86. The van der Waals surface area contributed by atoms with Gasteiger partial charge in [-0.3, -0.25) is 19.7 Å². The molecule has 3 rings (SSSR count). The number of carbonyl (C=O) groups is 2. The fourth-order valence-corrected chi connectivity index (χ4v) is 3.24. The number of nitro groups is 1. The van der Waals surface area contributed by atoms with Crippen LogP contribution in [0, 0.1) is 28.8 Å². The van der Waals surface area contributed by atoms with E-state index in [0.29, 0.717) is 36.2 Å². The van der Waals surface area contributed by atoms with Crippen molar-refractivity contribution >= 4 is 23.2 Å². The molecule has 8 heteroatoms. The number of hydrogen-bond acceptors (Lipinski definition) is 4. The Hall–Kier alpha value is -3.29. The molecule has 2 aromatic rings. The Morgan fingerprint density at radius 2 is 1.93 bits per heavy atom. The maximum atomic E-state index is 13.1. The average molecular weight is 385 g/mol. The highest BCUT2D eigenvalue weighted by Crippen LogP contribution is 2.25. The largest absolute Gasteiger partial charge is 0.338 e. The summed E-state index contributed by atoms with van der Waals surface area (Å²) in [6.45, 7) is 2.52. The zero-order valence-electron chi connectivity index (χ0n) is 15.4. The van der Waals surface area contributed by atoms with Gasteiger partial charge in [0.15, 0.2) is 0 Å². The Morgan fingerprint density at radius 3 is 2.61 bits per heavy atom. The lowest BCUT2D eigenvalue weighted by molar-refractivity contribution is -0.384. The van der Waals surface area contributed by atoms with E-state index in [9.17, 15) is 24.1 Å². The summed E-state index contributed by atoms with van der Waals surface area (Å²) in [7, 11) is 0. The zero-order valence-corrected chi connectivity index (χ0v) is 15.4. The first-order chi connectivity index (χ1) is 13.3. The molecule has 7 nitrogen and oxygen atoms in total. The van der Waals surface area contributed by atoms with Gasteiger partial charge in [-0.05, 0) is 49.6 Å². The summed E-state index contributed by atoms with van der Waals surface area (Å²) >= 11 is 0. The van der Waals surface area contributed by atoms with Crippen LogP contribution in [0.15, 0.2) is 42.5 Å². The van der Waals surface area contributed by atoms with E-state index in [2.05, 4.69) is 5.32 Å². The molecule has 1 saturated heterocycles. The standard InChI is InChI=1S/C20H20FN3O4/c1-13-4-9-17(24(27)28)11-18(13)22-19(25)15-3-2-10-23(12-15)20(26)14-5-7-16(21)8-6-14/h4-9,11,15H,2-3,10,12H2,1H3,(H,22,25). The van der Waals surface area contributed by atoms with Crippen LogP contribution in [-0.4, -0.2) is 34.7 Å². The van der Waals surface area contributed by atoms with Crippen molar-refractivity contribution < 1.29 is 18.9 Å². The lowest BCUT2D eigenvalue weighted by atomic mass is 9.96. The van der Waals surface area contributed by atoms with Gasteiger partial charge in [-0.2, -0.15) is 0 Å². The van der Waals surface area contributed by atoms with Gasteiger partial charge >= 0.3 is 0 Å². The first-order valence-corrected chi connectivity index (χ1v) is 8.96. The van der Waals surface area contributed by atoms with E-state index in [1.165, 1.54) is 36.4 Å². The van der Waals surface area contributed by atoms with E-state index in [-0.39, 0.29) is 24.0 Å². The zero-order chi connectivity index (χ0) is 20.3. The fraction of sp³-hybridized carbons (Fsp3) is 0.300. The number of piperidine rings is 1. The number of amides is 2. The van der Waals surface area contributed by atoms with Crippen LogP contribution in [0.3, 0.4) is 0 Å². The summed E-state index contributed by atoms with van der Waals surface area (Å²) in [5.41, 5.74) is 1.38. The van der Waals surface area contributed by atoms with Gasteiger partial charge < -0.3 is 10.2 Å². The van der Waals surface area contributed by atoms with Crippen molar-refractivity contribution in [2.45, 2.75) is 19.8 Å². The van der Waals surface area contributed by atoms with Crippen LogP contribution in [0.1, 0.15) is 28.8 Å². The molecule has 0 spiro atoms. The highest BCUT2D eigenvalue weighted by Gasteiger charge is 2.29. The quantitative estimate of drug-likeness (QED) is 0.644. The predicted molar refractivity (Wildman–Crippen MR) is 101 cm³/mol. The SMILES string of the molecule is Cc1ccc([N+](=O)[O-])cc1NC(=O)C1CCCN(C(=O)c2ccc(F)cc2)C1. The Balaban J connectivity index is 1.69. The Labute approximate surface area is 161 Å². The number of nitrogens with zero attached hydrogens (tertiary/aromatic N) is 2. The summed E-state index contributed by atoms with van der Waals surface area (Å²) in [6, 6.07) is 9.60. The van der Waals surface area contributed by atoms with Gasteiger partial charge in [-0.1, -0.05) is 6.07 Å². The molecular weight excluding hydrogens is 365 g/mol. The van der Waals surface area contributed by atoms with Gasteiger partial charge in [0, 0.05) is 30.8 Å². The summed E-state index contributed by atoms with van der Waals surface area (Å²) in [5.74, 6) is -1.36. The molecule has 1 aliphatic rings. The van der Waals surface area contributed by atoms with E-state index in [1.54, 1.807) is 17.9 Å². The number of carbonyl (C=O) groups excluding carboxylic acids is 2. The van der Waals surface area contributed by atoms with Gasteiger partial charge in [0.25, 0.3) is 11.6 Å². The second kappa shape index (κ2) is 8.16. The second-order valence-corrected chi connectivity index (χ2v) is 6.84. The summed E-state index contributed by atoms with van der Waals surface area (Å²) in [4.78, 5) is 37.3. The average Bonchev–Trinajstić information content (AvgIpc) is 2.69. The van der Waals surface area contributed by atoms with Crippen molar-refractivity contribution in [2.24, 2.45) is 5.92 Å². The molecule has 1 aliphatic heterocycles. The Bertz CT molecular complexity index is 914. The maximum absolute atomic E-state index is 13.1. The first-order valence-electron chi connectivity index (χ1n) is 8.96. The highest BCUT2D eigenvalue weighted by molar-refractivity contribution is 5.96. The van der Waals surface area contributed by atoms with E-state index in [4.69, 9.17) is 0 Å². The number of likely N-dealkylation sites (tertiary alicyclic amines) is 1. The number of nitro benzene ring substituents is 1. The number of benzene rings is 2. The molecular formula is C20H20FN3O4. The number of non-ortho nitro benzene ring substituents is 1. The van der Waals surface area contributed by atoms with E-state index in [1.807, 2.05) is 0 Å². The van der Waals surface area contributed by atoms with Crippen LogP contribution in [-0.2, 0) is 4.79 Å². The van der Waals surface area contributed by atoms with Crippen molar-refractivity contribution in [3.8, 4) is 0 Å². The van der Waals surface area contributed by atoms with Crippen molar-refractivity contribution in [2.75, 3.05) is 18.4 Å². The summed E-state index contributed by atoms with van der Waals surface area (Å²) < 4.78 is 13.1. The van der Waals surface area contributed by atoms with Gasteiger partial charge in [0.1, 0.15) is 5.82 Å². The minimum atomic E-state index is -0.515. The number of aryl methyl sites for hydroxylation is 1. The number of hydrogen-bond donors (Lipinski definition) is 1. The summed E-state index contributed by atoms with van der Waals surface area (Å²) in [6.07, 6.45) is 1.28. The van der Waals surface area contributed by atoms with Crippen molar-refractivity contribution in [1.29, 1.82) is 0 Å². The third-order valence-corrected chi connectivity index (χ3v) is 4.86. The van der Waals surface area contributed by atoms with Crippen LogP contribution in [0.4, 0.5) is 15.8 Å². The number of rotatable bonds is 4. The Kier molecular flexibility index (Phi) is 5.67. The Morgan fingerprint density at radius 1 is 1.21 bits per heavy atom. The fourth-order valence-electron chi connectivity index (χ4n) is 3.24. The molecule has 0 aromatic heterocycles. The van der Waals surface area contributed by atoms with Crippen LogP contribution in [0.5, 0.6) is 0 Å². The third kappa shape index (κ3) is 4.33. The van der Waals surface area contributed by atoms with Gasteiger partial charge in [0.05, 0.1) is 16.5 Å². The lowest BCUT2D eigenvalue weighted by Gasteiger charge is -2.32. The van der Waals surface area contributed by atoms with Gasteiger partial charge in [-0.25, -0.2) is 4.39 Å². The molecule has 0 aliphatic carbocycles. The molecule has 1 atom stereocenters. The number of anilines is 1. The molecule has 1 unspecified atom stereocenters. The van der Waals surface area contributed by atoms with Crippen molar-refractivity contribution in [1.82, 2.24) is 4.90 Å². The highest BCUT2D eigenvalue weighted by atomic mass is 19.1. The van der Waals surface area contributed by atoms with Crippen LogP contribution in [0.2, 0.25) is 0 Å². The smallest absolute Gasteiger partial charge is 0.271 e. The molecule has 1 N–H and O–H groups in total. The van der Waals surface area contributed by atoms with Gasteiger partial charge in [0.2, 0.25) is 5.91 Å². The molecule has 2 aromatic carbocycles. The van der Waals surface area contributed by atoms with E-state index < -0.39 is 16.7 Å². The van der Waals surface area contributed by atoms with Gasteiger partial charge in [-0.15, -0.1) is 0 Å². The minimum Gasteiger partial charge on any atom is -0.338 e. The summed E-state index contributed by atoms with van der Waals surface area (Å²) in [5, 5.41) is 13.7. The van der Waals surface area contributed by atoms with Crippen LogP contribution in [0.25, 0.3) is 0 Å².